The van der Waals surface area contributed by atoms with E-state index in [2.05, 4.69) is 20.3 Å². The summed E-state index contributed by atoms with van der Waals surface area (Å²) in [6.45, 7) is 1.81. The minimum absolute atomic E-state index is 0.462. The van der Waals surface area contributed by atoms with Crippen LogP contribution in [0.3, 0.4) is 0 Å². The molecule has 0 saturated heterocycles. The van der Waals surface area contributed by atoms with Crippen LogP contribution in [0.5, 0.6) is 0 Å². The molecule has 0 saturated carbocycles. The number of nitrogens with zero attached hydrogens (tertiary/aromatic N) is 3. The lowest BCUT2D eigenvalue weighted by molar-refractivity contribution is -0.139. The van der Waals surface area contributed by atoms with Gasteiger partial charge in [0.2, 0.25) is 0 Å². The van der Waals surface area contributed by atoms with E-state index in [1.54, 1.807) is 0 Å². The molecular formula is C13H14N4O2. The Morgan fingerprint density at radius 3 is 2.89 bits per heavy atom. The predicted octanol–water partition coefficient (Wildman–Crippen LogP) is 0.989. The van der Waals surface area contributed by atoms with Gasteiger partial charge in [0.25, 0.3) is 0 Å². The molecule has 2 aromatic rings. The zero-order valence-corrected chi connectivity index (χ0v) is 10.3. The van der Waals surface area contributed by atoms with E-state index >= 15 is 0 Å². The highest BCUT2D eigenvalue weighted by Crippen LogP contribution is 2.26. The summed E-state index contributed by atoms with van der Waals surface area (Å²) in [5, 5.41) is 19.8. The Kier molecular flexibility index (Phi) is 3.00. The molecule has 6 heteroatoms. The van der Waals surface area contributed by atoms with Crippen LogP contribution >= 0.6 is 0 Å². The van der Waals surface area contributed by atoms with Crippen molar-refractivity contribution in [3.63, 3.8) is 0 Å². The minimum atomic E-state index is -0.854. The molecule has 1 unspecified atom stereocenters. The summed E-state index contributed by atoms with van der Waals surface area (Å²) in [4.78, 5) is 13.4. The van der Waals surface area contributed by atoms with Gasteiger partial charge in [-0.2, -0.15) is 15.4 Å². The van der Waals surface area contributed by atoms with Crippen LogP contribution in [0.2, 0.25) is 0 Å². The van der Waals surface area contributed by atoms with Gasteiger partial charge in [0.15, 0.2) is 0 Å². The number of H-pyrrole nitrogens is 1. The number of aliphatic carboxylic acids is 1. The molecule has 1 atom stereocenters. The number of hydrogen-bond acceptors (Lipinski definition) is 4. The van der Waals surface area contributed by atoms with E-state index in [0.29, 0.717) is 18.8 Å². The van der Waals surface area contributed by atoms with Crippen LogP contribution < -0.4 is 0 Å². The van der Waals surface area contributed by atoms with E-state index in [4.69, 9.17) is 0 Å². The van der Waals surface area contributed by atoms with Gasteiger partial charge in [0, 0.05) is 19.6 Å². The molecule has 1 aromatic heterocycles. The molecule has 0 bridgehead atoms. The molecule has 6 nitrogen and oxygen atoms in total. The molecule has 3 rings (SSSR count). The average molecular weight is 258 g/mol. The maximum absolute atomic E-state index is 11.3. The molecule has 0 aliphatic carbocycles. The number of fused-ring (bicyclic) bond motifs is 1. The standard InChI is InChI=1S/C13H14N4O2/c18-13(19)10-7-17(6-9-4-2-1-3-5-9)8-11-12(10)15-16-14-11/h1-5,10H,6-8H2,(H,18,19)(H,14,15,16). The SMILES string of the molecule is O=C(O)C1CN(Cc2ccccc2)Cc2n[nH]nc21. The number of benzene rings is 1. The summed E-state index contributed by atoms with van der Waals surface area (Å²) in [7, 11) is 0. The topological polar surface area (TPSA) is 82.1 Å². The van der Waals surface area contributed by atoms with Crippen LogP contribution in [0.25, 0.3) is 0 Å². The first kappa shape index (κ1) is 11.9. The lowest BCUT2D eigenvalue weighted by Crippen LogP contribution is -2.36. The van der Waals surface area contributed by atoms with E-state index in [-0.39, 0.29) is 0 Å². The number of aromatic nitrogens is 3. The number of hydrogen-bond donors (Lipinski definition) is 2. The van der Waals surface area contributed by atoms with Crippen LogP contribution in [0.4, 0.5) is 0 Å². The summed E-state index contributed by atoms with van der Waals surface area (Å²) >= 11 is 0. The van der Waals surface area contributed by atoms with Crippen LogP contribution in [0, 0.1) is 0 Å². The number of carbonyl (C=O) groups is 1. The normalized spacial score (nSPS) is 19.1. The largest absolute Gasteiger partial charge is 0.481 e. The first-order valence-electron chi connectivity index (χ1n) is 6.12. The Balaban J connectivity index is 1.81. The van der Waals surface area contributed by atoms with Crippen molar-refractivity contribution in [3.8, 4) is 0 Å². The minimum Gasteiger partial charge on any atom is -0.481 e. The van der Waals surface area contributed by atoms with Crippen molar-refractivity contribution in [2.45, 2.75) is 19.0 Å². The third-order valence-corrected chi connectivity index (χ3v) is 3.34. The number of rotatable bonds is 3. The molecule has 2 heterocycles. The monoisotopic (exact) mass is 258 g/mol. The van der Waals surface area contributed by atoms with E-state index in [0.717, 1.165) is 12.2 Å². The second-order valence-corrected chi connectivity index (χ2v) is 4.70. The van der Waals surface area contributed by atoms with E-state index < -0.39 is 11.9 Å². The summed E-state index contributed by atoms with van der Waals surface area (Å²) in [6, 6.07) is 10.0. The molecule has 1 aliphatic rings. The second-order valence-electron chi connectivity index (χ2n) is 4.70. The van der Waals surface area contributed by atoms with Gasteiger partial charge in [-0.3, -0.25) is 9.69 Å². The van der Waals surface area contributed by atoms with Gasteiger partial charge >= 0.3 is 5.97 Å². The second kappa shape index (κ2) is 4.81. The van der Waals surface area contributed by atoms with E-state index in [1.807, 2.05) is 30.3 Å². The van der Waals surface area contributed by atoms with Gasteiger partial charge in [-0.15, -0.1) is 0 Å². The molecule has 1 aromatic carbocycles. The number of carboxylic acid groups (broad SMARTS) is 1. The Morgan fingerprint density at radius 2 is 2.16 bits per heavy atom. The molecular weight excluding hydrogens is 244 g/mol. The van der Waals surface area contributed by atoms with Crippen molar-refractivity contribution < 1.29 is 9.90 Å². The molecule has 0 amide bonds. The van der Waals surface area contributed by atoms with Crippen molar-refractivity contribution in [2.24, 2.45) is 0 Å². The highest BCUT2D eigenvalue weighted by Gasteiger charge is 2.33. The van der Waals surface area contributed by atoms with Gasteiger partial charge in [-0.1, -0.05) is 30.3 Å². The van der Waals surface area contributed by atoms with Crippen molar-refractivity contribution in [1.82, 2.24) is 20.3 Å². The first-order valence-corrected chi connectivity index (χ1v) is 6.12. The zero-order chi connectivity index (χ0) is 13.2. The molecule has 98 valence electrons. The van der Waals surface area contributed by atoms with Crippen molar-refractivity contribution in [2.75, 3.05) is 6.54 Å². The number of carboxylic acids is 1. The van der Waals surface area contributed by atoms with Crippen LogP contribution in [0.1, 0.15) is 22.9 Å². The highest BCUT2D eigenvalue weighted by atomic mass is 16.4. The van der Waals surface area contributed by atoms with Crippen LogP contribution in [0.15, 0.2) is 30.3 Å². The molecule has 0 spiro atoms. The fraction of sp³-hybridized carbons (Fsp3) is 0.308. The van der Waals surface area contributed by atoms with E-state index in [9.17, 15) is 9.90 Å². The van der Waals surface area contributed by atoms with Crippen LogP contribution in [-0.4, -0.2) is 37.9 Å². The van der Waals surface area contributed by atoms with Gasteiger partial charge in [-0.25, -0.2) is 0 Å². The summed E-state index contributed by atoms with van der Waals surface area (Å²) in [6.07, 6.45) is 0. The highest BCUT2D eigenvalue weighted by molar-refractivity contribution is 5.76. The van der Waals surface area contributed by atoms with Gasteiger partial charge in [0.1, 0.15) is 17.3 Å². The van der Waals surface area contributed by atoms with Gasteiger partial charge < -0.3 is 5.11 Å². The third-order valence-electron chi connectivity index (χ3n) is 3.34. The Hall–Kier alpha value is -2.21. The molecule has 0 radical (unpaired) electrons. The fourth-order valence-corrected chi connectivity index (χ4v) is 2.43. The summed E-state index contributed by atoms with van der Waals surface area (Å²) < 4.78 is 0. The molecule has 2 N–H and O–H groups in total. The van der Waals surface area contributed by atoms with Crippen LogP contribution in [-0.2, 0) is 17.9 Å². The lowest BCUT2D eigenvalue weighted by atomic mass is 9.98. The maximum Gasteiger partial charge on any atom is 0.314 e. The van der Waals surface area contributed by atoms with E-state index in [1.165, 1.54) is 5.56 Å². The van der Waals surface area contributed by atoms with Crippen molar-refractivity contribution in [1.29, 1.82) is 0 Å². The van der Waals surface area contributed by atoms with Crippen molar-refractivity contribution in [3.05, 3.63) is 47.3 Å². The summed E-state index contributed by atoms with van der Waals surface area (Å²) in [5.74, 6) is -1.46. The fourth-order valence-electron chi connectivity index (χ4n) is 2.43. The lowest BCUT2D eigenvalue weighted by Gasteiger charge is -2.29. The third kappa shape index (κ3) is 2.34. The van der Waals surface area contributed by atoms with Gasteiger partial charge in [0.05, 0.1) is 0 Å². The number of aromatic amines is 1. The first-order chi connectivity index (χ1) is 9.24. The maximum atomic E-state index is 11.3. The molecule has 1 aliphatic heterocycles. The quantitative estimate of drug-likeness (QED) is 0.858. The Morgan fingerprint density at radius 1 is 1.37 bits per heavy atom. The smallest absolute Gasteiger partial charge is 0.314 e. The summed E-state index contributed by atoms with van der Waals surface area (Å²) in [5.41, 5.74) is 2.46. The average Bonchev–Trinajstić information content (AvgIpc) is 2.87. The number of nitrogens with one attached hydrogen (secondary N) is 1. The predicted molar refractivity (Wildman–Crippen MR) is 67.3 cm³/mol. The van der Waals surface area contributed by atoms with Gasteiger partial charge in [-0.05, 0) is 5.56 Å². The molecule has 19 heavy (non-hydrogen) atoms. The Labute approximate surface area is 110 Å². The Bertz CT molecular complexity index is 581. The molecule has 0 fully saturated rings. The van der Waals surface area contributed by atoms with Crippen molar-refractivity contribution >= 4 is 5.97 Å². The zero-order valence-electron chi connectivity index (χ0n) is 10.3.